The van der Waals surface area contributed by atoms with Crippen molar-refractivity contribution >= 4 is 12.4 Å². The Balaban J connectivity index is 0.00000338. The second-order valence-corrected chi connectivity index (χ2v) is 6.60. The largest absolute Gasteiger partial charge is 0.493 e. The standard InChI is InChI=1S/C21H29NO3.ClH/c1-15(2)10-11-18(22)17-12-20(23-3)21(24-4)13-19(17)25-14-16-8-6-5-7-9-16;/h5-9,12-13,15,18H,10-11,14,22H2,1-4H3;1H/t18-;/m0./s1. The fraction of sp³-hybridized carbons (Fsp3) is 0.429. The van der Waals surface area contributed by atoms with Gasteiger partial charge < -0.3 is 19.9 Å². The Kier molecular flexibility index (Phi) is 9.31. The van der Waals surface area contributed by atoms with E-state index in [2.05, 4.69) is 13.8 Å². The van der Waals surface area contributed by atoms with Crippen LogP contribution in [0.3, 0.4) is 0 Å². The third-order valence-corrected chi connectivity index (χ3v) is 4.21. The number of methoxy groups -OCH3 is 2. The Morgan fingerprint density at radius 2 is 1.50 bits per heavy atom. The van der Waals surface area contributed by atoms with Crippen LogP contribution < -0.4 is 19.9 Å². The van der Waals surface area contributed by atoms with Gasteiger partial charge in [-0.3, -0.25) is 0 Å². The average molecular weight is 380 g/mol. The van der Waals surface area contributed by atoms with E-state index in [0.717, 1.165) is 29.7 Å². The Morgan fingerprint density at radius 1 is 0.885 bits per heavy atom. The van der Waals surface area contributed by atoms with Crippen molar-refractivity contribution < 1.29 is 14.2 Å². The van der Waals surface area contributed by atoms with E-state index in [1.165, 1.54) is 0 Å². The molecule has 0 fully saturated rings. The lowest BCUT2D eigenvalue weighted by Gasteiger charge is -2.20. The van der Waals surface area contributed by atoms with Crippen LogP contribution >= 0.6 is 12.4 Å². The zero-order valence-corrected chi connectivity index (χ0v) is 16.8. The highest BCUT2D eigenvalue weighted by molar-refractivity contribution is 5.85. The zero-order chi connectivity index (χ0) is 18.2. The normalized spacial score (nSPS) is 11.6. The SMILES string of the molecule is COc1cc(OCc2ccccc2)c([C@@H](N)CCC(C)C)cc1OC.Cl. The van der Waals surface area contributed by atoms with Gasteiger partial charge in [-0.25, -0.2) is 0 Å². The maximum Gasteiger partial charge on any atom is 0.164 e. The summed E-state index contributed by atoms with van der Waals surface area (Å²) in [4.78, 5) is 0. The molecule has 1 atom stereocenters. The highest BCUT2D eigenvalue weighted by Gasteiger charge is 2.18. The van der Waals surface area contributed by atoms with E-state index < -0.39 is 0 Å². The van der Waals surface area contributed by atoms with Crippen molar-refractivity contribution in [2.24, 2.45) is 11.7 Å². The molecule has 0 radical (unpaired) electrons. The number of hydrogen-bond acceptors (Lipinski definition) is 4. The first-order valence-electron chi connectivity index (χ1n) is 8.73. The van der Waals surface area contributed by atoms with E-state index >= 15 is 0 Å². The number of nitrogens with two attached hydrogens (primary N) is 1. The molecule has 0 bridgehead atoms. The summed E-state index contributed by atoms with van der Waals surface area (Å²) < 4.78 is 16.9. The van der Waals surface area contributed by atoms with Gasteiger partial charge in [0.05, 0.1) is 14.2 Å². The van der Waals surface area contributed by atoms with Crippen LogP contribution in [0.4, 0.5) is 0 Å². The molecule has 2 rings (SSSR count). The maximum absolute atomic E-state index is 6.45. The van der Waals surface area contributed by atoms with Crippen molar-refractivity contribution in [2.75, 3.05) is 14.2 Å². The predicted molar refractivity (Wildman–Crippen MR) is 109 cm³/mol. The molecule has 0 aliphatic carbocycles. The van der Waals surface area contributed by atoms with Gasteiger partial charge in [0, 0.05) is 17.7 Å². The van der Waals surface area contributed by atoms with Crippen molar-refractivity contribution in [1.82, 2.24) is 0 Å². The smallest absolute Gasteiger partial charge is 0.164 e. The molecule has 0 saturated heterocycles. The quantitative estimate of drug-likeness (QED) is 0.655. The van der Waals surface area contributed by atoms with Crippen LogP contribution in [0, 0.1) is 5.92 Å². The van der Waals surface area contributed by atoms with Crippen molar-refractivity contribution in [2.45, 2.75) is 39.3 Å². The molecule has 26 heavy (non-hydrogen) atoms. The van der Waals surface area contributed by atoms with Gasteiger partial charge in [-0.2, -0.15) is 0 Å². The number of hydrogen-bond donors (Lipinski definition) is 1. The number of rotatable bonds is 9. The van der Waals surface area contributed by atoms with Crippen molar-refractivity contribution in [3.8, 4) is 17.2 Å². The summed E-state index contributed by atoms with van der Waals surface area (Å²) in [5, 5.41) is 0. The molecule has 0 unspecified atom stereocenters. The van der Waals surface area contributed by atoms with E-state index in [1.807, 2.05) is 42.5 Å². The van der Waals surface area contributed by atoms with E-state index in [-0.39, 0.29) is 18.4 Å². The first-order valence-corrected chi connectivity index (χ1v) is 8.73. The Labute approximate surface area is 163 Å². The van der Waals surface area contributed by atoms with Gasteiger partial charge in [0.15, 0.2) is 11.5 Å². The molecule has 0 aromatic heterocycles. The highest BCUT2D eigenvalue weighted by Crippen LogP contribution is 2.38. The van der Waals surface area contributed by atoms with Crippen LogP contribution in [0.2, 0.25) is 0 Å². The lowest BCUT2D eigenvalue weighted by molar-refractivity contribution is 0.293. The van der Waals surface area contributed by atoms with Crippen LogP contribution in [0.1, 0.15) is 43.9 Å². The topological polar surface area (TPSA) is 53.7 Å². The summed E-state index contributed by atoms with van der Waals surface area (Å²) >= 11 is 0. The second-order valence-electron chi connectivity index (χ2n) is 6.60. The summed E-state index contributed by atoms with van der Waals surface area (Å²) in [7, 11) is 3.25. The van der Waals surface area contributed by atoms with Crippen molar-refractivity contribution in [3.63, 3.8) is 0 Å². The summed E-state index contributed by atoms with van der Waals surface area (Å²) in [6.45, 7) is 4.89. The summed E-state index contributed by atoms with van der Waals surface area (Å²) in [5.74, 6) is 2.67. The third kappa shape index (κ3) is 6.11. The van der Waals surface area contributed by atoms with Gasteiger partial charge in [-0.1, -0.05) is 44.2 Å². The molecule has 5 heteroatoms. The number of halogens is 1. The van der Waals surface area contributed by atoms with Crippen LogP contribution in [0.25, 0.3) is 0 Å². The molecule has 144 valence electrons. The molecular weight excluding hydrogens is 350 g/mol. The number of ether oxygens (including phenoxy) is 3. The molecule has 2 aromatic carbocycles. The fourth-order valence-electron chi connectivity index (χ4n) is 2.69. The minimum Gasteiger partial charge on any atom is -0.493 e. The lowest BCUT2D eigenvalue weighted by atomic mass is 9.97. The van der Waals surface area contributed by atoms with Gasteiger partial charge in [-0.05, 0) is 30.4 Å². The minimum absolute atomic E-state index is 0. The highest BCUT2D eigenvalue weighted by atomic mass is 35.5. The summed E-state index contributed by atoms with van der Waals surface area (Å²) in [6.07, 6.45) is 1.96. The first-order chi connectivity index (χ1) is 12.0. The van der Waals surface area contributed by atoms with Gasteiger partial charge in [0.1, 0.15) is 12.4 Å². The molecule has 0 spiro atoms. The molecule has 2 N–H and O–H groups in total. The van der Waals surface area contributed by atoms with Gasteiger partial charge in [-0.15, -0.1) is 12.4 Å². The summed E-state index contributed by atoms with van der Waals surface area (Å²) in [5.41, 5.74) is 8.51. The van der Waals surface area contributed by atoms with Gasteiger partial charge in [0.25, 0.3) is 0 Å². The van der Waals surface area contributed by atoms with Crippen molar-refractivity contribution in [1.29, 1.82) is 0 Å². The molecule has 0 amide bonds. The minimum atomic E-state index is -0.104. The zero-order valence-electron chi connectivity index (χ0n) is 16.0. The fourth-order valence-corrected chi connectivity index (χ4v) is 2.69. The Bertz CT molecular complexity index is 662. The first kappa shape index (κ1) is 22.1. The van der Waals surface area contributed by atoms with E-state index in [4.69, 9.17) is 19.9 Å². The molecule has 0 aliphatic heterocycles. The number of benzene rings is 2. The van der Waals surface area contributed by atoms with Gasteiger partial charge in [0.2, 0.25) is 0 Å². The monoisotopic (exact) mass is 379 g/mol. The van der Waals surface area contributed by atoms with Gasteiger partial charge >= 0.3 is 0 Å². The van der Waals surface area contributed by atoms with Crippen LogP contribution in [0.15, 0.2) is 42.5 Å². The molecule has 0 saturated carbocycles. The van der Waals surface area contributed by atoms with E-state index in [0.29, 0.717) is 24.0 Å². The lowest BCUT2D eigenvalue weighted by Crippen LogP contribution is -2.13. The molecule has 2 aromatic rings. The van der Waals surface area contributed by atoms with E-state index in [9.17, 15) is 0 Å². The summed E-state index contributed by atoms with van der Waals surface area (Å²) in [6, 6.07) is 13.8. The molecule has 4 nitrogen and oxygen atoms in total. The molecular formula is C21H30ClNO3. The maximum atomic E-state index is 6.45. The predicted octanol–water partition coefficient (Wildman–Crippen LogP) is 5.14. The molecule has 0 aliphatic rings. The average Bonchev–Trinajstić information content (AvgIpc) is 2.64. The third-order valence-electron chi connectivity index (χ3n) is 4.21. The van der Waals surface area contributed by atoms with Crippen molar-refractivity contribution in [3.05, 3.63) is 53.6 Å². The second kappa shape index (κ2) is 10.9. The van der Waals surface area contributed by atoms with E-state index in [1.54, 1.807) is 14.2 Å². The van der Waals surface area contributed by atoms with Crippen LogP contribution in [-0.4, -0.2) is 14.2 Å². The van der Waals surface area contributed by atoms with Crippen LogP contribution in [0.5, 0.6) is 17.2 Å². The van der Waals surface area contributed by atoms with Crippen LogP contribution in [-0.2, 0) is 6.61 Å². The molecule has 0 heterocycles. The Morgan fingerprint density at radius 3 is 2.08 bits per heavy atom. The Hall–Kier alpha value is -1.91.